The van der Waals surface area contributed by atoms with Gasteiger partial charge in [0.25, 0.3) is 0 Å². The van der Waals surface area contributed by atoms with E-state index in [0.717, 1.165) is 25.5 Å². The van der Waals surface area contributed by atoms with E-state index in [9.17, 15) is 9.59 Å². The molecule has 3 rings (SSSR count). The molecule has 0 aliphatic carbocycles. The Morgan fingerprint density at radius 3 is 2.74 bits per heavy atom. The molecule has 2 N–H and O–H groups in total. The first-order valence-corrected chi connectivity index (χ1v) is 15.6. The van der Waals surface area contributed by atoms with Gasteiger partial charge in [-0.15, -0.1) is 0 Å². The van der Waals surface area contributed by atoms with Crippen LogP contribution in [0.2, 0.25) is 25.7 Å². The van der Waals surface area contributed by atoms with Gasteiger partial charge in [0, 0.05) is 34.0 Å². The highest BCUT2D eigenvalue weighted by atomic mass is 28.3. The van der Waals surface area contributed by atoms with Crippen LogP contribution in [-0.4, -0.2) is 71.0 Å². The second kappa shape index (κ2) is 10.7. The van der Waals surface area contributed by atoms with Crippen LogP contribution in [0.25, 0.3) is 11.2 Å². The van der Waals surface area contributed by atoms with Gasteiger partial charge in [0.2, 0.25) is 0 Å². The van der Waals surface area contributed by atoms with Crippen molar-refractivity contribution in [2.24, 2.45) is 0 Å². The summed E-state index contributed by atoms with van der Waals surface area (Å²) in [5.41, 5.74) is 0.835. The first-order chi connectivity index (χ1) is 15.9. The van der Waals surface area contributed by atoms with Gasteiger partial charge in [0.05, 0.1) is 12.2 Å². The topological polar surface area (TPSA) is 111 Å². The number of hydrogen-bond acceptors (Lipinski definition) is 6. The maximum Gasteiger partial charge on any atom is 0.410 e. The first-order valence-electron chi connectivity index (χ1n) is 11.9. The third kappa shape index (κ3) is 7.69. The Balaban J connectivity index is 1.49. The van der Waals surface area contributed by atoms with Crippen LogP contribution in [0.15, 0.2) is 18.5 Å². The van der Waals surface area contributed by atoms with Gasteiger partial charge in [0.15, 0.2) is 11.5 Å². The number of urea groups is 1. The molecule has 0 bridgehead atoms. The van der Waals surface area contributed by atoms with Crippen LogP contribution in [0.1, 0.15) is 33.6 Å². The van der Waals surface area contributed by atoms with Crippen LogP contribution >= 0.6 is 0 Å². The predicted octanol–water partition coefficient (Wildman–Crippen LogP) is 4.26. The quantitative estimate of drug-likeness (QED) is 0.422. The van der Waals surface area contributed by atoms with Crippen molar-refractivity contribution in [3.63, 3.8) is 0 Å². The first kappa shape index (κ1) is 26.0. The minimum Gasteiger partial charge on any atom is -0.444 e. The van der Waals surface area contributed by atoms with Crippen molar-refractivity contribution in [1.82, 2.24) is 24.8 Å². The Kier molecular flexibility index (Phi) is 8.19. The number of fused-ring (bicyclic) bond motifs is 1. The molecule has 1 atom stereocenters. The lowest BCUT2D eigenvalue weighted by Gasteiger charge is -2.28. The summed E-state index contributed by atoms with van der Waals surface area (Å²) in [6.45, 7) is 14.6. The van der Waals surface area contributed by atoms with Crippen molar-refractivity contribution in [3.8, 4) is 0 Å². The summed E-state index contributed by atoms with van der Waals surface area (Å²) in [7, 11) is -1.13. The SMILES string of the molecule is CC(C)(C)OC(=O)N1CCCC1CNC(=O)Nc1cnc2c(ccn2COCC[Si](C)(C)C)n1. The average Bonchev–Trinajstić information content (AvgIpc) is 3.34. The number of aromatic nitrogens is 3. The van der Waals surface area contributed by atoms with E-state index in [0.29, 0.717) is 36.8 Å². The minimum atomic E-state index is -1.13. The van der Waals surface area contributed by atoms with E-state index < -0.39 is 13.7 Å². The fraction of sp³-hybridized carbons (Fsp3) is 0.652. The number of rotatable bonds is 8. The number of likely N-dealkylation sites (tertiary alicyclic amines) is 1. The van der Waals surface area contributed by atoms with Crippen LogP contribution in [0.4, 0.5) is 15.4 Å². The molecule has 1 aliphatic heterocycles. The van der Waals surface area contributed by atoms with Crippen molar-refractivity contribution in [3.05, 3.63) is 18.5 Å². The van der Waals surface area contributed by atoms with Crippen LogP contribution in [0.3, 0.4) is 0 Å². The standard InChI is InChI=1S/C23H38N6O4Si/c1-23(2,3)33-22(31)29-10-7-8-17(29)14-25-21(30)27-19-15-24-20-18(26-19)9-11-28(20)16-32-12-13-34(4,5)6/h9,11,15,17H,7-8,10,12-14,16H2,1-6H3,(H2,25,26,27,30). The molecule has 11 heteroatoms. The molecule has 0 spiro atoms. The van der Waals surface area contributed by atoms with Gasteiger partial charge in [-0.05, 0) is 45.7 Å². The molecule has 1 aliphatic rings. The zero-order chi connectivity index (χ0) is 24.9. The third-order valence-corrected chi connectivity index (χ3v) is 7.14. The fourth-order valence-corrected chi connectivity index (χ4v) is 4.40. The van der Waals surface area contributed by atoms with Gasteiger partial charge in [0.1, 0.15) is 17.8 Å². The number of anilines is 1. The van der Waals surface area contributed by atoms with Crippen molar-refractivity contribution in [2.45, 2.75) is 77.7 Å². The maximum absolute atomic E-state index is 12.4. The van der Waals surface area contributed by atoms with E-state index >= 15 is 0 Å². The monoisotopic (exact) mass is 490 g/mol. The highest BCUT2D eigenvalue weighted by Gasteiger charge is 2.32. The summed E-state index contributed by atoms with van der Waals surface area (Å²) in [6, 6.07) is 2.48. The smallest absolute Gasteiger partial charge is 0.410 e. The average molecular weight is 491 g/mol. The molecule has 2 aromatic rings. The van der Waals surface area contributed by atoms with Crippen molar-refractivity contribution < 1.29 is 19.1 Å². The van der Waals surface area contributed by atoms with E-state index in [1.807, 2.05) is 37.6 Å². The molecule has 1 saturated heterocycles. The zero-order valence-electron chi connectivity index (χ0n) is 21.2. The van der Waals surface area contributed by atoms with E-state index in [4.69, 9.17) is 9.47 Å². The Labute approximate surface area is 202 Å². The maximum atomic E-state index is 12.4. The lowest BCUT2D eigenvalue weighted by Crippen LogP contribution is -2.45. The molecule has 34 heavy (non-hydrogen) atoms. The van der Waals surface area contributed by atoms with Crippen molar-refractivity contribution in [2.75, 3.05) is 25.0 Å². The summed E-state index contributed by atoms with van der Waals surface area (Å²) >= 11 is 0. The Hall–Kier alpha value is -2.66. The van der Waals surface area contributed by atoms with E-state index in [-0.39, 0.29) is 18.2 Å². The molecule has 3 amide bonds. The highest BCUT2D eigenvalue weighted by Crippen LogP contribution is 2.20. The number of carbonyl (C=O) groups is 2. The summed E-state index contributed by atoms with van der Waals surface area (Å²) in [6.07, 6.45) is 4.77. The van der Waals surface area contributed by atoms with Gasteiger partial charge in [-0.2, -0.15) is 0 Å². The number of amides is 3. The molecular weight excluding hydrogens is 452 g/mol. The van der Waals surface area contributed by atoms with E-state index in [1.165, 1.54) is 6.20 Å². The Bertz CT molecular complexity index is 997. The number of nitrogens with zero attached hydrogens (tertiary/aromatic N) is 4. The minimum absolute atomic E-state index is 0.0934. The Morgan fingerprint density at radius 2 is 2.03 bits per heavy atom. The predicted molar refractivity (Wildman–Crippen MR) is 135 cm³/mol. The van der Waals surface area contributed by atoms with Crippen LogP contribution < -0.4 is 10.6 Å². The summed E-state index contributed by atoms with van der Waals surface area (Å²) in [5.74, 6) is 0.359. The lowest BCUT2D eigenvalue weighted by molar-refractivity contribution is 0.0228. The van der Waals surface area contributed by atoms with Gasteiger partial charge in [-0.25, -0.2) is 19.6 Å². The number of carbonyl (C=O) groups excluding carboxylic acids is 2. The largest absolute Gasteiger partial charge is 0.444 e. The van der Waals surface area contributed by atoms with Crippen molar-refractivity contribution >= 4 is 37.2 Å². The highest BCUT2D eigenvalue weighted by molar-refractivity contribution is 6.76. The van der Waals surface area contributed by atoms with Gasteiger partial charge in [-0.3, -0.25) is 5.32 Å². The zero-order valence-corrected chi connectivity index (χ0v) is 22.2. The van der Waals surface area contributed by atoms with E-state index in [1.54, 1.807) is 4.90 Å². The normalized spacial score (nSPS) is 16.6. The molecule has 1 fully saturated rings. The molecule has 0 aromatic carbocycles. The lowest BCUT2D eigenvalue weighted by atomic mass is 10.2. The van der Waals surface area contributed by atoms with Crippen LogP contribution in [-0.2, 0) is 16.2 Å². The molecule has 0 saturated carbocycles. The third-order valence-electron chi connectivity index (χ3n) is 5.44. The van der Waals surface area contributed by atoms with Gasteiger partial charge < -0.3 is 24.3 Å². The van der Waals surface area contributed by atoms with Crippen LogP contribution in [0, 0.1) is 0 Å². The number of hydrogen-bond donors (Lipinski definition) is 2. The van der Waals surface area contributed by atoms with Gasteiger partial charge in [-0.1, -0.05) is 19.6 Å². The second-order valence-corrected chi connectivity index (χ2v) is 16.5. The number of nitrogens with one attached hydrogen (secondary N) is 2. The molecule has 0 radical (unpaired) electrons. The van der Waals surface area contributed by atoms with E-state index in [2.05, 4.69) is 40.2 Å². The molecule has 1 unspecified atom stereocenters. The Morgan fingerprint density at radius 1 is 1.26 bits per heavy atom. The van der Waals surface area contributed by atoms with Gasteiger partial charge >= 0.3 is 12.1 Å². The number of ether oxygens (including phenoxy) is 2. The molecule has 3 heterocycles. The van der Waals surface area contributed by atoms with Crippen molar-refractivity contribution in [1.29, 1.82) is 0 Å². The summed E-state index contributed by atoms with van der Waals surface area (Å²) in [4.78, 5) is 35.4. The summed E-state index contributed by atoms with van der Waals surface area (Å²) in [5, 5.41) is 5.56. The molecular formula is C23H38N6O4Si. The molecule has 10 nitrogen and oxygen atoms in total. The second-order valence-electron chi connectivity index (χ2n) is 10.9. The molecule has 2 aromatic heterocycles. The fourth-order valence-electron chi connectivity index (χ4n) is 3.65. The molecule has 188 valence electrons. The van der Waals surface area contributed by atoms with Crippen LogP contribution in [0.5, 0.6) is 0 Å². The summed E-state index contributed by atoms with van der Waals surface area (Å²) < 4.78 is 13.2.